The van der Waals surface area contributed by atoms with Gasteiger partial charge in [0.1, 0.15) is 11.6 Å². The van der Waals surface area contributed by atoms with Crippen molar-refractivity contribution >= 4 is 11.0 Å². The van der Waals surface area contributed by atoms with Gasteiger partial charge in [0.05, 0.1) is 22.4 Å². The van der Waals surface area contributed by atoms with E-state index in [1.165, 1.54) is 11.1 Å². The summed E-state index contributed by atoms with van der Waals surface area (Å²) >= 11 is 0. The molecule has 0 amide bonds. The zero-order valence-electron chi connectivity index (χ0n) is 23.7. The molecule has 6 rings (SSSR count). The Bertz CT molecular complexity index is 1640. The minimum absolute atomic E-state index is 0.116. The van der Waals surface area contributed by atoms with Gasteiger partial charge in [0.15, 0.2) is 0 Å². The topological polar surface area (TPSA) is 34.6 Å². The molecule has 39 heavy (non-hydrogen) atoms. The highest BCUT2D eigenvalue weighted by Crippen LogP contribution is 2.31. The molecule has 0 saturated heterocycles. The third-order valence-corrected chi connectivity index (χ3v) is 7.60. The van der Waals surface area contributed by atoms with E-state index in [9.17, 15) is 0 Å². The maximum Gasteiger partial charge on any atom is 0.144 e. The van der Waals surface area contributed by atoms with Gasteiger partial charge in [0, 0.05) is 29.9 Å². The van der Waals surface area contributed by atoms with Gasteiger partial charge in [-0.25, -0.2) is 9.97 Å². The van der Waals surface area contributed by atoms with E-state index in [0.29, 0.717) is 6.42 Å². The van der Waals surface area contributed by atoms with E-state index in [-0.39, 0.29) is 10.8 Å². The molecule has 0 unspecified atom stereocenters. The molecule has 6 aromatic rings. The zero-order valence-corrected chi connectivity index (χ0v) is 23.7. The second kappa shape index (κ2) is 9.23. The van der Waals surface area contributed by atoms with E-state index in [4.69, 9.17) is 9.97 Å². The lowest BCUT2D eigenvalue weighted by Crippen LogP contribution is -2.10. The van der Waals surface area contributed by atoms with Crippen LogP contribution in [0, 0.1) is 0 Å². The second-order valence-electron chi connectivity index (χ2n) is 12.5. The summed E-state index contributed by atoms with van der Waals surface area (Å²) < 4.78 is 4.40. The number of aromatic nitrogens is 4. The Labute approximate surface area is 231 Å². The number of nitrogens with zero attached hydrogens (tertiary/aromatic N) is 4. The molecule has 4 aromatic heterocycles. The Kier molecular flexibility index (Phi) is 5.95. The summed E-state index contributed by atoms with van der Waals surface area (Å²) in [6.07, 6.45) is 4.86. The summed E-state index contributed by atoms with van der Waals surface area (Å²) in [5.41, 5.74) is 9.39. The fourth-order valence-electron chi connectivity index (χ4n) is 5.27. The van der Waals surface area contributed by atoms with E-state index in [1.54, 1.807) is 0 Å². The van der Waals surface area contributed by atoms with Gasteiger partial charge in [-0.1, -0.05) is 102 Å². The van der Waals surface area contributed by atoms with Crippen molar-refractivity contribution < 1.29 is 0 Å². The van der Waals surface area contributed by atoms with Crippen LogP contribution in [0.25, 0.3) is 33.8 Å². The molecule has 0 spiro atoms. The molecule has 0 saturated carbocycles. The number of benzene rings is 2. The summed E-state index contributed by atoms with van der Waals surface area (Å²) in [4.78, 5) is 10.4. The van der Waals surface area contributed by atoms with Gasteiger partial charge < -0.3 is 0 Å². The predicted octanol–water partition coefficient (Wildman–Crippen LogP) is 8.50. The predicted molar refractivity (Wildman–Crippen MR) is 161 cm³/mol. The summed E-state index contributed by atoms with van der Waals surface area (Å²) in [5, 5.41) is 0. The third kappa shape index (κ3) is 4.65. The molecule has 196 valence electrons. The summed E-state index contributed by atoms with van der Waals surface area (Å²) in [5.74, 6) is 1.92. The molecule has 0 fully saturated rings. The average Bonchev–Trinajstić information content (AvgIpc) is 3.47. The molecule has 0 aliphatic carbocycles. The Morgan fingerprint density at radius 2 is 0.897 bits per heavy atom. The lowest BCUT2D eigenvalue weighted by atomic mass is 9.86. The first-order valence-corrected chi connectivity index (χ1v) is 13.7. The number of pyridine rings is 2. The average molecular weight is 513 g/mol. The molecule has 0 aliphatic heterocycles. The van der Waals surface area contributed by atoms with Crippen molar-refractivity contribution in [2.45, 2.75) is 58.8 Å². The first-order chi connectivity index (χ1) is 18.6. The lowest BCUT2D eigenvalue weighted by molar-refractivity contribution is 0.590. The van der Waals surface area contributed by atoms with Crippen molar-refractivity contribution in [3.8, 4) is 22.8 Å². The molecule has 4 heteroatoms. The van der Waals surface area contributed by atoms with E-state index in [1.807, 2.05) is 0 Å². The van der Waals surface area contributed by atoms with E-state index < -0.39 is 0 Å². The van der Waals surface area contributed by atoms with Crippen LogP contribution in [0.1, 0.15) is 64.1 Å². The molecule has 0 radical (unpaired) electrons. The van der Waals surface area contributed by atoms with Gasteiger partial charge >= 0.3 is 0 Å². The fourth-order valence-corrected chi connectivity index (χ4v) is 5.27. The minimum atomic E-state index is 0.116. The first-order valence-electron chi connectivity index (χ1n) is 13.7. The van der Waals surface area contributed by atoms with Gasteiger partial charge in [-0.15, -0.1) is 0 Å². The highest BCUT2D eigenvalue weighted by molar-refractivity contribution is 5.70. The van der Waals surface area contributed by atoms with E-state index >= 15 is 0 Å². The van der Waals surface area contributed by atoms with Crippen LogP contribution in [0.5, 0.6) is 0 Å². The number of hydrogen-bond donors (Lipinski definition) is 0. The van der Waals surface area contributed by atoms with Crippen LogP contribution >= 0.6 is 0 Å². The van der Waals surface area contributed by atoms with Crippen LogP contribution in [-0.2, 0) is 17.3 Å². The van der Waals surface area contributed by atoms with Crippen molar-refractivity contribution in [3.63, 3.8) is 0 Å². The van der Waals surface area contributed by atoms with Crippen LogP contribution in [0.3, 0.4) is 0 Å². The van der Waals surface area contributed by atoms with Crippen molar-refractivity contribution in [2.24, 2.45) is 0 Å². The quantitative estimate of drug-likeness (QED) is 0.237. The minimum Gasteiger partial charge on any atom is -0.299 e. The summed E-state index contributed by atoms with van der Waals surface area (Å²) in [6.45, 7) is 13.5. The smallest absolute Gasteiger partial charge is 0.144 e. The monoisotopic (exact) mass is 512 g/mol. The highest BCUT2D eigenvalue weighted by Gasteiger charge is 2.20. The van der Waals surface area contributed by atoms with Crippen molar-refractivity contribution in [2.75, 3.05) is 0 Å². The standard InChI is InChI=1S/C35H36N4/c1-34(2,3)26-17-13-24(14-18-26)32-36-28(30-11-7-9-21-38(30)32)23-29-31-12-8-10-22-39(31)33(37-29)25-15-19-27(20-16-25)35(4,5)6/h7-22H,23H2,1-6H3. The molecular formula is C35H36N4. The molecule has 0 bridgehead atoms. The number of imidazole rings is 2. The molecule has 0 aliphatic rings. The van der Waals surface area contributed by atoms with Crippen LogP contribution in [0.4, 0.5) is 0 Å². The maximum absolute atomic E-state index is 5.19. The molecule has 0 N–H and O–H groups in total. The van der Waals surface area contributed by atoms with Crippen LogP contribution in [0.15, 0.2) is 97.3 Å². The van der Waals surface area contributed by atoms with Gasteiger partial charge in [-0.3, -0.25) is 8.80 Å². The molecular weight excluding hydrogens is 476 g/mol. The van der Waals surface area contributed by atoms with Gasteiger partial charge in [-0.2, -0.15) is 0 Å². The Hall–Kier alpha value is -4.18. The highest BCUT2D eigenvalue weighted by atomic mass is 15.0. The Morgan fingerprint density at radius 3 is 1.26 bits per heavy atom. The van der Waals surface area contributed by atoms with Crippen molar-refractivity contribution in [1.29, 1.82) is 0 Å². The zero-order chi connectivity index (χ0) is 27.4. The number of hydrogen-bond acceptors (Lipinski definition) is 2. The van der Waals surface area contributed by atoms with Gasteiger partial charge in [-0.05, 0) is 46.2 Å². The SMILES string of the molecule is CC(C)(C)c1ccc(-c2nc(Cc3nc(-c4ccc(C(C)(C)C)cc4)n4ccccc34)c3ccccn23)cc1. The summed E-state index contributed by atoms with van der Waals surface area (Å²) in [7, 11) is 0. The van der Waals surface area contributed by atoms with Gasteiger partial charge in [0.25, 0.3) is 0 Å². The first kappa shape index (κ1) is 25.1. The normalized spacial score (nSPS) is 12.5. The third-order valence-electron chi connectivity index (χ3n) is 7.60. The van der Waals surface area contributed by atoms with Crippen LogP contribution < -0.4 is 0 Å². The molecule has 4 heterocycles. The Balaban J connectivity index is 1.42. The molecule has 4 nitrogen and oxygen atoms in total. The maximum atomic E-state index is 5.19. The van der Waals surface area contributed by atoms with Crippen molar-refractivity contribution in [1.82, 2.24) is 18.8 Å². The van der Waals surface area contributed by atoms with Crippen LogP contribution in [-0.4, -0.2) is 18.8 Å². The summed E-state index contributed by atoms with van der Waals surface area (Å²) in [6, 6.07) is 30.3. The van der Waals surface area contributed by atoms with Crippen LogP contribution in [0.2, 0.25) is 0 Å². The number of fused-ring (bicyclic) bond motifs is 2. The molecule has 2 aromatic carbocycles. The van der Waals surface area contributed by atoms with Gasteiger partial charge in [0.2, 0.25) is 0 Å². The number of rotatable bonds is 4. The largest absolute Gasteiger partial charge is 0.299 e. The van der Waals surface area contributed by atoms with Crippen molar-refractivity contribution in [3.05, 3.63) is 120 Å². The van der Waals surface area contributed by atoms with E-state index in [0.717, 1.165) is 45.2 Å². The second-order valence-corrected chi connectivity index (χ2v) is 12.5. The fraction of sp³-hybridized carbons (Fsp3) is 0.257. The molecule has 0 atom stereocenters. The Morgan fingerprint density at radius 1 is 0.513 bits per heavy atom. The van der Waals surface area contributed by atoms with E-state index in [2.05, 4.69) is 148 Å². The lowest BCUT2D eigenvalue weighted by Gasteiger charge is -2.19.